The average molecular weight is 209 g/mol. The molecule has 0 bridgehead atoms. The first-order valence-corrected chi connectivity index (χ1v) is 6.30. The molecular formula is C13H23NO. The van der Waals surface area contributed by atoms with E-state index in [0.29, 0.717) is 11.9 Å². The molecule has 15 heavy (non-hydrogen) atoms. The highest BCUT2D eigenvalue weighted by Crippen LogP contribution is 2.37. The molecule has 2 heterocycles. The van der Waals surface area contributed by atoms with Crippen LogP contribution in [-0.2, 0) is 4.79 Å². The van der Waals surface area contributed by atoms with Crippen LogP contribution in [0.3, 0.4) is 0 Å². The number of rotatable bonds is 0. The molecule has 0 spiro atoms. The van der Waals surface area contributed by atoms with Crippen LogP contribution in [0.2, 0.25) is 0 Å². The fraction of sp³-hybridized carbons (Fsp3) is 0.923. The maximum absolute atomic E-state index is 12.4. The molecule has 0 aromatic heterocycles. The molecule has 2 aliphatic heterocycles. The molecule has 1 amide bonds. The van der Waals surface area contributed by atoms with Gasteiger partial charge >= 0.3 is 0 Å². The van der Waals surface area contributed by atoms with E-state index in [2.05, 4.69) is 25.7 Å². The van der Waals surface area contributed by atoms with Gasteiger partial charge in [0.15, 0.2) is 0 Å². The number of carbonyl (C=O) groups excluding carboxylic acids is 1. The van der Waals surface area contributed by atoms with Crippen LogP contribution >= 0.6 is 0 Å². The van der Waals surface area contributed by atoms with Gasteiger partial charge in [-0.3, -0.25) is 4.79 Å². The van der Waals surface area contributed by atoms with Gasteiger partial charge in [-0.1, -0.05) is 27.2 Å². The van der Waals surface area contributed by atoms with Crippen LogP contribution < -0.4 is 0 Å². The molecule has 0 saturated carbocycles. The van der Waals surface area contributed by atoms with E-state index in [-0.39, 0.29) is 11.3 Å². The normalized spacial score (nSPS) is 32.7. The molecule has 0 aliphatic carbocycles. The summed E-state index contributed by atoms with van der Waals surface area (Å²) in [4.78, 5) is 14.6. The largest absolute Gasteiger partial charge is 0.339 e. The fourth-order valence-electron chi connectivity index (χ4n) is 3.11. The highest BCUT2D eigenvalue weighted by molar-refractivity contribution is 5.80. The van der Waals surface area contributed by atoms with Crippen molar-refractivity contribution < 1.29 is 4.79 Å². The summed E-state index contributed by atoms with van der Waals surface area (Å²) in [6.07, 6.45) is 6.01. The zero-order valence-corrected chi connectivity index (χ0v) is 10.3. The molecule has 2 saturated heterocycles. The lowest BCUT2D eigenvalue weighted by Crippen LogP contribution is -2.41. The lowest BCUT2D eigenvalue weighted by molar-refractivity contribution is -0.139. The second-order valence-electron chi connectivity index (χ2n) is 6.18. The molecule has 2 nitrogen and oxygen atoms in total. The number of amides is 1. The molecular weight excluding hydrogens is 186 g/mol. The van der Waals surface area contributed by atoms with Crippen molar-refractivity contribution in [3.8, 4) is 0 Å². The van der Waals surface area contributed by atoms with Gasteiger partial charge in [-0.2, -0.15) is 0 Å². The topological polar surface area (TPSA) is 20.3 Å². The van der Waals surface area contributed by atoms with E-state index >= 15 is 0 Å². The molecule has 2 unspecified atom stereocenters. The minimum absolute atomic E-state index is 0.133. The Labute approximate surface area is 93.0 Å². The Kier molecular flexibility index (Phi) is 2.78. The van der Waals surface area contributed by atoms with Gasteiger partial charge in [-0.15, -0.1) is 0 Å². The molecule has 0 N–H and O–H groups in total. The zero-order valence-electron chi connectivity index (χ0n) is 10.3. The van der Waals surface area contributed by atoms with Gasteiger partial charge in [0.05, 0.1) is 0 Å². The smallest absolute Gasteiger partial charge is 0.226 e. The third-order valence-electron chi connectivity index (χ3n) is 4.03. The number of fused-ring (bicyclic) bond motifs is 1. The van der Waals surface area contributed by atoms with Gasteiger partial charge < -0.3 is 4.90 Å². The fourth-order valence-corrected chi connectivity index (χ4v) is 3.11. The first kappa shape index (κ1) is 11.0. The molecule has 0 aromatic rings. The van der Waals surface area contributed by atoms with E-state index < -0.39 is 0 Å². The van der Waals surface area contributed by atoms with E-state index in [1.807, 2.05) is 0 Å². The van der Waals surface area contributed by atoms with Crippen LogP contribution in [0.15, 0.2) is 0 Å². The van der Waals surface area contributed by atoms with Crippen LogP contribution in [-0.4, -0.2) is 23.4 Å². The van der Waals surface area contributed by atoms with Crippen molar-refractivity contribution in [3.05, 3.63) is 0 Å². The van der Waals surface area contributed by atoms with Crippen molar-refractivity contribution in [3.63, 3.8) is 0 Å². The Hall–Kier alpha value is -0.530. The summed E-state index contributed by atoms with van der Waals surface area (Å²) in [5, 5.41) is 0. The molecule has 0 aromatic carbocycles. The quantitative estimate of drug-likeness (QED) is 0.601. The Balaban J connectivity index is 2.18. The third-order valence-corrected chi connectivity index (χ3v) is 4.03. The maximum atomic E-state index is 12.4. The number of carbonyl (C=O) groups is 1. The maximum Gasteiger partial charge on any atom is 0.226 e. The lowest BCUT2D eigenvalue weighted by Gasteiger charge is -2.32. The van der Waals surface area contributed by atoms with Crippen LogP contribution in [0.4, 0.5) is 0 Å². The summed E-state index contributed by atoms with van der Waals surface area (Å²) in [5.41, 5.74) is 0.133. The predicted octanol–water partition coefficient (Wildman–Crippen LogP) is 2.82. The summed E-state index contributed by atoms with van der Waals surface area (Å²) in [6.45, 7) is 7.61. The lowest BCUT2D eigenvalue weighted by atomic mass is 9.77. The first-order valence-electron chi connectivity index (χ1n) is 6.30. The van der Waals surface area contributed by atoms with Gasteiger partial charge in [0.1, 0.15) is 0 Å². The van der Waals surface area contributed by atoms with Crippen molar-refractivity contribution in [1.82, 2.24) is 4.90 Å². The minimum atomic E-state index is 0.133. The number of hydrogen-bond acceptors (Lipinski definition) is 1. The molecule has 0 radical (unpaired) electrons. The number of nitrogens with zero attached hydrogens (tertiary/aromatic N) is 1. The first-order chi connectivity index (χ1) is 7.00. The van der Waals surface area contributed by atoms with Crippen molar-refractivity contribution >= 4 is 5.91 Å². The molecule has 2 fully saturated rings. The summed E-state index contributed by atoms with van der Waals surface area (Å²) in [5.74, 6) is 0.683. The average Bonchev–Trinajstić information content (AvgIpc) is 2.52. The summed E-state index contributed by atoms with van der Waals surface area (Å²) < 4.78 is 0. The van der Waals surface area contributed by atoms with Crippen molar-refractivity contribution in [2.24, 2.45) is 11.3 Å². The van der Waals surface area contributed by atoms with E-state index in [4.69, 9.17) is 0 Å². The van der Waals surface area contributed by atoms with Crippen LogP contribution in [0, 0.1) is 11.3 Å². The highest BCUT2D eigenvalue weighted by Gasteiger charge is 2.40. The highest BCUT2D eigenvalue weighted by atomic mass is 16.2. The standard InChI is InChI=1S/C13H23NO/c1-13(2,3)11-8-4-6-10-7-5-9-14(10)12(11)15/h10-11H,4-9H2,1-3H3. The van der Waals surface area contributed by atoms with Crippen LogP contribution in [0.1, 0.15) is 52.9 Å². The van der Waals surface area contributed by atoms with Crippen LogP contribution in [0.5, 0.6) is 0 Å². The number of hydrogen-bond donors (Lipinski definition) is 0. The van der Waals surface area contributed by atoms with Gasteiger partial charge in [-0.25, -0.2) is 0 Å². The van der Waals surface area contributed by atoms with Gasteiger partial charge in [0, 0.05) is 18.5 Å². The Bertz CT molecular complexity index is 254. The molecule has 2 heteroatoms. The van der Waals surface area contributed by atoms with E-state index in [0.717, 1.165) is 13.0 Å². The minimum Gasteiger partial charge on any atom is -0.339 e. The molecule has 2 atom stereocenters. The zero-order chi connectivity index (χ0) is 11.1. The van der Waals surface area contributed by atoms with E-state index in [1.54, 1.807) is 0 Å². The summed E-state index contributed by atoms with van der Waals surface area (Å²) >= 11 is 0. The molecule has 86 valence electrons. The second-order valence-corrected chi connectivity index (χ2v) is 6.18. The van der Waals surface area contributed by atoms with Gasteiger partial charge in [0.25, 0.3) is 0 Å². The summed E-state index contributed by atoms with van der Waals surface area (Å²) in [7, 11) is 0. The van der Waals surface area contributed by atoms with E-state index in [9.17, 15) is 4.79 Å². The molecule has 2 rings (SSSR count). The Morgan fingerprint density at radius 3 is 2.47 bits per heavy atom. The molecule has 2 aliphatic rings. The third kappa shape index (κ3) is 2.04. The van der Waals surface area contributed by atoms with Crippen LogP contribution in [0.25, 0.3) is 0 Å². The summed E-state index contributed by atoms with van der Waals surface area (Å²) in [6, 6.07) is 0.574. The second kappa shape index (κ2) is 3.80. The van der Waals surface area contributed by atoms with Crippen molar-refractivity contribution in [2.75, 3.05) is 6.54 Å². The SMILES string of the molecule is CC(C)(C)C1CCCC2CCCN2C1=O. The van der Waals surface area contributed by atoms with Gasteiger partial charge in [0.2, 0.25) is 5.91 Å². The monoisotopic (exact) mass is 209 g/mol. The van der Waals surface area contributed by atoms with E-state index in [1.165, 1.54) is 25.7 Å². The Morgan fingerprint density at radius 1 is 1.13 bits per heavy atom. The van der Waals surface area contributed by atoms with Crippen molar-refractivity contribution in [2.45, 2.75) is 58.9 Å². The predicted molar refractivity (Wildman–Crippen MR) is 61.5 cm³/mol. The van der Waals surface area contributed by atoms with Crippen molar-refractivity contribution in [1.29, 1.82) is 0 Å². The van der Waals surface area contributed by atoms with Gasteiger partial charge in [-0.05, 0) is 31.1 Å². The Morgan fingerprint density at radius 2 is 1.80 bits per heavy atom.